The third-order valence-electron chi connectivity index (χ3n) is 9.70. The minimum absolute atomic E-state index is 0.0383. The van der Waals surface area contributed by atoms with Gasteiger partial charge in [-0.05, 0) is 81.5 Å². The van der Waals surface area contributed by atoms with Gasteiger partial charge in [0.15, 0.2) is 11.9 Å². The predicted molar refractivity (Wildman–Crippen MR) is 238 cm³/mol. The first-order chi connectivity index (χ1) is 29.3. The maximum atomic E-state index is 14.2. The largest absolute Gasteiger partial charge is 0.508 e. The molecule has 0 aromatic heterocycles. The third kappa shape index (κ3) is 18.9. The number of amides is 6. The van der Waals surface area contributed by atoms with Gasteiger partial charge in [-0.15, -0.1) is 0 Å². The second kappa shape index (κ2) is 26.7. The second-order valence-electron chi connectivity index (χ2n) is 15.5. The average Bonchev–Trinajstić information content (AvgIpc) is 3.21. The number of aliphatic imine (C=N–C) groups is 2. The molecule has 0 radical (unpaired) electrons. The lowest BCUT2D eigenvalue weighted by molar-refractivity contribution is -0.142. The van der Waals surface area contributed by atoms with E-state index in [4.69, 9.17) is 28.7 Å². The number of phenolic OH excluding ortho intramolecular Hbond substituents is 1. The lowest BCUT2D eigenvalue weighted by Crippen LogP contribution is -2.60. The summed E-state index contributed by atoms with van der Waals surface area (Å²) in [7, 11) is 1.47. The molecule has 0 bridgehead atoms. The van der Waals surface area contributed by atoms with Crippen molar-refractivity contribution in [1.82, 2.24) is 31.5 Å². The number of nitrogens with one attached hydrogen (secondary N) is 5. The van der Waals surface area contributed by atoms with Gasteiger partial charge >= 0.3 is 0 Å². The Bertz CT molecular complexity index is 1820. The molecule has 2 aromatic rings. The van der Waals surface area contributed by atoms with Gasteiger partial charge in [-0.25, -0.2) is 0 Å². The van der Waals surface area contributed by atoms with Gasteiger partial charge in [0.05, 0.1) is 6.04 Å². The van der Waals surface area contributed by atoms with Crippen LogP contribution in [0.2, 0.25) is 0 Å². The van der Waals surface area contributed by atoms with Crippen LogP contribution in [0, 0.1) is 5.92 Å². The van der Waals surface area contributed by atoms with Crippen LogP contribution < -0.4 is 55.3 Å². The summed E-state index contributed by atoms with van der Waals surface area (Å²) in [5.74, 6) is -3.89. The fraction of sp³-hybridized carbons (Fsp3) is 0.524. The zero-order chi connectivity index (χ0) is 46.4. The number of nitrogens with two attached hydrogens (primary N) is 5. The van der Waals surface area contributed by atoms with Crippen LogP contribution in [0.4, 0.5) is 0 Å². The Balaban J connectivity index is 2.35. The number of aromatic hydroxyl groups is 1. The lowest BCUT2D eigenvalue weighted by Gasteiger charge is -2.32. The van der Waals surface area contributed by atoms with E-state index in [-0.39, 0.29) is 75.2 Å². The molecule has 2 aromatic carbocycles. The molecule has 0 saturated heterocycles. The number of carbonyl (C=O) groups excluding carboxylic acids is 6. The molecule has 20 heteroatoms. The van der Waals surface area contributed by atoms with E-state index in [1.54, 1.807) is 49.4 Å². The molecule has 20 nitrogen and oxygen atoms in total. The van der Waals surface area contributed by atoms with Gasteiger partial charge in [-0.1, -0.05) is 56.3 Å². The molecule has 0 fully saturated rings. The molecular formula is C42H67N13O7. The Kier molecular flexibility index (Phi) is 22.3. The SMILES string of the molecule is CCNC(=O)[C@H](CCCN=C(N)N)N(C)C(=O)[C@H](CCCN=C(N)N)NC(=O)[C@H](CC(C)C)NC(=O)[C@H](Cc1ccccc1)NC(=O)[C@@H](C)NC(=O)[C@@H](N)Cc1ccc(O)cc1. The summed E-state index contributed by atoms with van der Waals surface area (Å²) in [5.41, 5.74) is 29.5. The molecule has 0 aliphatic heterocycles. The standard InChI is InChI=1S/C42H67N13O7/c1-6-48-39(61)34(15-11-21-50-42(46)47)55(5)40(62)31(14-10-20-49-41(44)45)52-37(59)32(22-25(2)3)54-38(60)33(24-27-12-8-7-9-13-27)53-35(57)26(4)51-36(58)30(43)23-28-16-18-29(56)19-17-28/h7-9,12-13,16-19,25-26,30-34,56H,6,10-11,14-15,20-24,43H2,1-5H3,(H,48,61)(H,51,58)(H,52,59)(H,53,57)(H,54,60)(H4,44,45,49)(H4,46,47,50)/t26-,30+,31+,32+,33+,34+/m1/s1. The number of hydrogen-bond donors (Lipinski definition) is 11. The van der Waals surface area contributed by atoms with Crippen molar-refractivity contribution in [3.05, 3.63) is 65.7 Å². The van der Waals surface area contributed by atoms with E-state index in [1.165, 1.54) is 31.0 Å². The number of phenols is 1. The Morgan fingerprint density at radius 1 is 0.661 bits per heavy atom. The summed E-state index contributed by atoms with van der Waals surface area (Å²) < 4.78 is 0. The summed E-state index contributed by atoms with van der Waals surface area (Å²) in [4.78, 5) is 91.4. The molecule has 0 saturated carbocycles. The molecule has 342 valence electrons. The van der Waals surface area contributed by atoms with Crippen LogP contribution in [0.15, 0.2) is 64.6 Å². The number of hydrogen-bond acceptors (Lipinski definition) is 10. The van der Waals surface area contributed by atoms with Crippen molar-refractivity contribution in [2.24, 2.45) is 44.6 Å². The van der Waals surface area contributed by atoms with E-state index < -0.39 is 71.7 Å². The molecule has 0 aliphatic rings. The molecule has 0 aliphatic carbocycles. The van der Waals surface area contributed by atoms with Crippen molar-refractivity contribution in [2.45, 2.75) is 109 Å². The molecule has 0 heterocycles. The molecule has 0 spiro atoms. The Labute approximate surface area is 363 Å². The maximum Gasteiger partial charge on any atom is 0.245 e. The predicted octanol–water partition coefficient (Wildman–Crippen LogP) is -1.42. The first-order valence-corrected chi connectivity index (χ1v) is 20.8. The summed E-state index contributed by atoms with van der Waals surface area (Å²) in [6.07, 6.45) is 1.30. The van der Waals surface area contributed by atoms with Crippen LogP contribution in [-0.4, -0.2) is 120 Å². The summed E-state index contributed by atoms with van der Waals surface area (Å²) in [5, 5.41) is 23.2. The van der Waals surface area contributed by atoms with Crippen molar-refractivity contribution in [3.63, 3.8) is 0 Å². The van der Waals surface area contributed by atoms with Crippen molar-refractivity contribution < 1.29 is 33.9 Å². The van der Waals surface area contributed by atoms with Crippen molar-refractivity contribution in [1.29, 1.82) is 0 Å². The van der Waals surface area contributed by atoms with Crippen LogP contribution in [-0.2, 0) is 41.6 Å². The number of carbonyl (C=O) groups is 6. The molecule has 6 atom stereocenters. The van der Waals surface area contributed by atoms with Crippen LogP contribution in [0.3, 0.4) is 0 Å². The Morgan fingerprint density at radius 2 is 1.19 bits per heavy atom. The first-order valence-electron chi connectivity index (χ1n) is 20.8. The van der Waals surface area contributed by atoms with Gasteiger partial charge in [-0.2, -0.15) is 0 Å². The van der Waals surface area contributed by atoms with Crippen LogP contribution in [0.1, 0.15) is 70.9 Å². The van der Waals surface area contributed by atoms with Gasteiger partial charge in [0.2, 0.25) is 35.4 Å². The highest BCUT2D eigenvalue weighted by molar-refractivity contribution is 5.96. The molecular weight excluding hydrogens is 799 g/mol. The van der Waals surface area contributed by atoms with Crippen molar-refractivity contribution >= 4 is 47.4 Å². The molecule has 2 rings (SSSR count). The topological polar surface area (TPSA) is 341 Å². The maximum absolute atomic E-state index is 14.2. The highest BCUT2D eigenvalue weighted by atomic mass is 16.3. The van der Waals surface area contributed by atoms with Crippen LogP contribution in [0.5, 0.6) is 5.75 Å². The fourth-order valence-electron chi connectivity index (χ4n) is 6.41. The fourth-order valence-corrected chi connectivity index (χ4v) is 6.41. The van der Waals surface area contributed by atoms with E-state index >= 15 is 0 Å². The average molecular weight is 866 g/mol. The quantitative estimate of drug-likeness (QED) is 0.0295. The molecule has 6 amide bonds. The first kappa shape index (κ1) is 51.7. The van der Waals surface area contributed by atoms with Gasteiger partial charge in [0.1, 0.15) is 36.0 Å². The normalized spacial score (nSPS) is 13.8. The molecule has 0 unspecified atom stereocenters. The monoisotopic (exact) mass is 866 g/mol. The van der Waals surface area contributed by atoms with E-state index in [0.29, 0.717) is 24.1 Å². The zero-order valence-electron chi connectivity index (χ0n) is 36.4. The Morgan fingerprint density at radius 3 is 1.76 bits per heavy atom. The summed E-state index contributed by atoms with van der Waals surface area (Å²) in [6, 6.07) is 8.58. The van der Waals surface area contributed by atoms with E-state index in [9.17, 15) is 33.9 Å². The van der Waals surface area contributed by atoms with Gasteiger partial charge in [0, 0.05) is 33.1 Å². The third-order valence-corrected chi connectivity index (χ3v) is 9.70. The number of guanidine groups is 2. The number of benzene rings is 2. The van der Waals surface area contributed by atoms with Gasteiger partial charge in [0.25, 0.3) is 0 Å². The highest BCUT2D eigenvalue weighted by Crippen LogP contribution is 2.14. The number of likely N-dealkylation sites (N-methyl/N-ethyl adjacent to an activating group) is 2. The smallest absolute Gasteiger partial charge is 0.245 e. The van der Waals surface area contributed by atoms with Crippen molar-refractivity contribution in [3.8, 4) is 5.75 Å². The van der Waals surface area contributed by atoms with E-state index in [1.807, 2.05) is 13.8 Å². The Hall–Kier alpha value is -6.44. The second-order valence-corrected chi connectivity index (χ2v) is 15.5. The number of nitrogens with zero attached hydrogens (tertiary/aromatic N) is 3. The lowest BCUT2D eigenvalue weighted by atomic mass is 10.00. The minimum atomic E-state index is -1.20. The minimum Gasteiger partial charge on any atom is -0.508 e. The van der Waals surface area contributed by atoms with Crippen LogP contribution >= 0.6 is 0 Å². The summed E-state index contributed by atoms with van der Waals surface area (Å²) >= 11 is 0. The van der Waals surface area contributed by atoms with Crippen LogP contribution in [0.25, 0.3) is 0 Å². The zero-order valence-corrected chi connectivity index (χ0v) is 36.4. The number of rotatable bonds is 26. The summed E-state index contributed by atoms with van der Waals surface area (Å²) in [6.45, 7) is 7.61. The van der Waals surface area contributed by atoms with Gasteiger partial charge < -0.3 is 65.3 Å². The molecule has 16 N–H and O–H groups in total. The molecule has 62 heavy (non-hydrogen) atoms. The van der Waals surface area contributed by atoms with E-state index in [0.717, 1.165) is 0 Å². The van der Waals surface area contributed by atoms with Gasteiger partial charge in [-0.3, -0.25) is 38.8 Å². The van der Waals surface area contributed by atoms with Crippen molar-refractivity contribution in [2.75, 3.05) is 26.7 Å². The van der Waals surface area contributed by atoms with E-state index in [2.05, 4.69) is 36.6 Å². The highest BCUT2D eigenvalue weighted by Gasteiger charge is 2.35.